The molecule has 2 aliphatic rings. The Balaban J connectivity index is 1.08. The van der Waals surface area contributed by atoms with E-state index in [1.807, 2.05) is 23.1 Å². The first-order valence-corrected chi connectivity index (χ1v) is 11.7. The number of furan rings is 1. The molecule has 0 saturated carbocycles. The fourth-order valence-electron chi connectivity index (χ4n) is 4.58. The topological polar surface area (TPSA) is 115 Å². The van der Waals surface area contributed by atoms with Crippen LogP contribution in [0, 0.1) is 0 Å². The third-order valence-corrected chi connectivity index (χ3v) is 6.54. The molecule has 0 spiro atoms. The maximum atomic E-state index is 12.8. The second kappa shape index (κ2) is 9.68. The maximum Gasteiger partial charge on any atom is 0.317 e. The zero-order valence-corrected chi connectivity index (χ0v) is 18.9. The molecular weight excluding hydrogens is 436 g/mol. The number of hydrogen-bond acceptors (Lipinski definition) is 6. The molecule has 1 aromatic carbocycles. The number of H-pyrrole nitrogens is 1. The van der Waals surface area contributed by atoms with Gasteiger partial charge in [0, 0.05) is 45.3 Å². The molecule has 10 nitrogen and oxygen atoms in total. The van der Waals surface area contributed by atoms with Crippen LogP contribution in [0.2, 0.25) is 0 Å². The van der Waals surface area contributed by atoms with Gasteiger partial charge in [-0.25, -0.2) is 9.78 Å². The van der Waals surface area contributed by atoms with Crippen LogP contribution < -0.4 is 10.9 Å². The van der Waals surface area contributed by atoms with E-state index in [-0.39, 0.29) is 23.5 Å². The normalized spacial score (nSPS) is 17.8. The van der Waals surface area contributed by atoms with E-state index < -0.39 is 0 Å². The molecule has 0 atom stereocenters. The van der Waals surface area contributed by atoms with Crippen LogP contribution in [0.25, 0.3) is 10.9 Å². The van der Waals surface area contributed by atoms with E-state index in [0.29, 0.717) is 68.3 Å². The zero-order chi connectivity index (χ0) is 23.5. The Morgan fingerprint density at radius 3 is 2.50 bits per heavy atom. The number of fused-ring (bicyclic) bond motifs is 1. The third-order valence-electron chi connectivity index (χ3n) is 6.54. The minimum absolute atomic E-state index is 0.0538. The number of piperidine rings is 1. The average molecular weight is 465 g/mol. The first-order chi connectivity index (χ1) is 16.6. The molecule has 0 bridgehead atoms. The summed E-state index contributed by atoms with van der Waals surface area (Å²) in [5.74, 6) is 0.883. The number of hydrogen-bond donors (Lipinski definition) is 2. The lowest BCUT2D eigenvalue weighted by molar-refractivity contribution is 0.0672. The second-order valence-electron chi connectivity index (χ2n) is 8.79. The smallest absolute Gasteiger partial charge is 0.317 e. The van der Waals surface area contributed by atoms with Crippen molar-refractivity contribution in [1.82, 2.24) is 30.0 Å². The number of nitrogens with zero attached hydrogens (tertiary/aromatic N) is 4. The van der Waals surface area contributed by atoms with Crippen molar-refractivity contribution in [3.8, 4) is 0 Å². The minimum Gasteiger partial charge on any atom is -0.459 e. The van der Waals surface area contributed by atoms with Gasteiger partial charge in [0.05, 0.1) is 23.7 Å². The van der Waals surface area contributed by atoms with Gasteiger partial charge in [-0.15, -0.1) is 0 Å². The number of carbonyl (C=O) groups excluding carboxylic acids is 2. The van der Waals surface area contributed by atoms with Gasteiger partial charge in [-0.3, -0.25) is 14.5 Å². The van der Waals surface area contributed by atoms with Crippen LogP contribution in [0.5, 0.6) is 0 Å². The number of nitrogens with one attached hydrogen (secondary N) is 2. The van der Waals surface area contributed by atoms with Gasteiger partial charge in [-0.05, 0) is 37.1 Å². The molecule has 3 amide bonds. The van der Waals surface area contributed by atoms with Crippen molar-refractivity contribution in [3.05, 3.63) is 64.6 Å². The molecule has 2 aliphatic heterocycles. The van der Waals surface area contributed by atoms with Crippen molar-refractivity contribution in [2.45, 2.75) is 25.4 Å². The highest BCUT2D eigenvalue weighted by molar-refractivity contribution is 5.91. The quantitative estimate of drug-likeness (QED) is 0.607. The Morgan fingerprint density at radius 1 is 1.00 bits per heavy atom. The van der Waals surface area contributed by atoms with Crippen LogP contribution in [0.3, 0.4) is 0 Å². The van der Waals surface area contributed by atoms with Crippen LogP contribution in [0.1, 0.15) is 29.2 Å². The number of likely N-dealkylation sites (tertiary alicyclic amines) is 1. The van der Waals surface area contributed by atoms with Crippen molar-refractivity contribution in [1.29, 1.82) is 0 Å². The molecule has 34 heavy (non-hydrogen) atoms. The Labute approximate surface area is 196 Å². The van der Waals surface area contributed by atoms with Gasteiger partial charge in [-0.1, -0.05) is 12.1 Å². The van der Waals surface area contributed by atoms with E-state index in [9.17, 15) is 14.4 Å². The molecular formula is C24H28N6O4. The van der Waals surface area contributed by atoms with Crippen molar-refractivity contribution < 1.29 is 14.0 Å². The second-order valence-corrected chi connectivity index (χ2v) is 8.79. The van der Waals surface area contributed by atoms with E-state index in [1.165, 1.54) is 6.26 Å². The summed E-state index contributed by atoms with van der Waals surface area (Å²) in [5.41, 5.74) is 0.562. The lowest BCUT2D eigenvalue weighted by Gasteiger charge is -2.37. The Kier molecular flexibility index (Phi) is 6.31. The Bertz CT molecular complexity index is 1210. The number of aromatic amines is 1. The molecule has 2 fully saturated rings. The first-order valence-electron chi connectivity index (χ1n) is 11.7. The number of rotatable bonds is 4. The molecule has 0 aliphatic carbocycles. The SMILES string of the molecule is O=C(NC1CCN(C(=O)c2ccco2)CC1)N1CCN(Cc2nc3ccccc3c(=O)[nH]2)CC1. The molecule has 0 unspecified atom stereocenters. The van der Waals surface area contributed by atoms with Crippen molar-refractivity contribution in [2.24, 2.45) is 0 Å². The largest absolute Gasteiger partial charge is 0.459 e. The fraction of sp³-hybridized carbons (Fsp3) is 0.417. The van der Waals surface area contributed by atoms with Crippen LogP contribution in [0.4, 0.5) is 4.79 Å². The van der Waals surface area contributed by atoms with Crippen LogP contribution in [0.15, 0.2) is 51.9 Å². The summed E-state index contributed by atoms with van der Waals surface area (Å²) in [5, 5.41) is 3.71. The van der Waals surface area contributed by atoms with Crippen LogP contribution in [-0.4, -0.2) is 81.9 Å². The summed E-state index contributed by atoms with van der Waals surface area (Å²) in [4.78, 5) is 50.7. The number of benzene rings is 1. The summed E-state index contributed by atoms with van der Waals surface area (Å²) in [6.45, 7) is 4.36. The number of amides is 3. The molecule has 178 valence electrons. The molecule has 5 rings (SSSR count). The number of carbonyl (C=O) groups is 2. The van der Waals surface area contributed by atoms with E-state index in [0.717, 1.165) is 12.8 Å². The standard InChI is InChI=1S/C24H28N6O4/c31-22-18-4-1-2-5-19(18)26-21(27-22)16-28-11-13-30(14-12-28)24(33)25-17-7-9-29(10-8-17)23(32)20-6-3-15-34-20/h1-6,15,17H,7-14,16H2,(H,25,33)(H,26,27,31). The predicted molar refractivity (Wildman–Crippen MR) is 125 cm³/mol. The molecule has 2 saturated heterocycles. The molecule has 3 aromatic rings. The van der Waals surface area contributed by atoms with Crippen molar-refractivity contribution >= 4 is 22.8 Å². The third kappa shape index (κ3) is 4.81. The highest BCUT2D eigenvalue weighted by Crippen LogP contribution is 2.15. The van der Waals surface area contributed by atoms with E-state index in [2.05, 4.69) is 20.2 Å². The number of aromatic nitrogens is 2. The van der Waals surface area contributed by atoms with Gasteiger partial charge in [0.25, 0.3) is 11.5 Å². The molecule has 0 radical (unpaired) electrons. The Hall–Kier alpha value is -3.66. The average Bonchev–Trinajstić information content (AvgIpc) is 3.40. The highest BCUT2D eigenvalue weighted by Gasteiger charge is 2.28. The van der Waals surface area contributed by atoms with E-state index in [1.54, 1.807) is 23.1 Å². The van der Waals surface area contributed by atoms with Gasteiger partial charge < -0.3 is 24.5 Å². The van der Waals surface area contributed by atoms with Crippen LogP contribution >= 0.6 is 0 Å². The van der Waals surface area contributed by atoms with Gasteiger partial charge in [0.1, 0.15) is 5.82 Å². The summed E-state index contributed by atoms with van der Waals surface area (Å²) in [7, 11) is 0. The van der Waals surface area contributed by atoms with Crippen molar-refractivity contribution in [2.75, 3.05) is 39.3 Å². The van der Waals surface area contributed by atoms with E-state index in [4.69, 9.17) is 4.42 Å². The highest BCUT2D eigenvalue weighted by atomic mass is 16.3. The summed E-state index contributed by atoms with van der Waals surface area (Å²) in [6, 6.07) is 10.7. The Morgan fingerprint density at radius 2 is 1.76 bits per heavy atom. The number of para-hydroxylation sites is 1. The van der Waals surface area contributed by atoms with Gasteiger partial charge in [0.15, 0.2) is 5.76 Å². The molecule has 10 heteroatoms. The lowest BCUT2D eigenvalue weighted by atomic mass is 10.0. The first kappa shape index (κ1) is 22.1. The summed E-state index contributed by atoms with van der Waals surface area (Å²) in [6.07, 6.45) is 2.94. The van der Waals surface area contributed by atoms with E-state index >= 15 is 0 Å². The zero-order valence-electron chi connectivity index (χ0n) is 18.9. The minimum atomic E-state index is -0.129. The molecule has 2 aromatic heterocycles. The lowest BCUT2D eigenvalue weighted by Crippen LogP contribution is -2.55. The summed E-state index contributed by atoms with van der Waals surface area (Å²) >= 11 is 0. The molecule has 4 heterocycles. The van der Waals surface area contributed by atoms with Gasteiger partial charge in [0.2, 0.25) is 0 Å². The summed E-state index contributed by atoms with van der Waals surface area (Å²) < 4.78 is 5.20. The molecule has 2 N–H and O–H groups in total. The van der Waals surface area contributed by atoms with Crippen molar-refractivity contribution in [3.63, 3.8) is 0 Å². The van der Waals surface area contributed by atoms with Gasteiger partial charge in [-0.2, -0.15) is 0 Å². The number of piperazine rings is 1. The maximum absolute atomic E-state index is 12.8. The predicted octanol–water partition coefficient (Wildman–Crippen LogP) is 1.65. The van der Waals surface area contributed by atoms with Gasteiger partial charge >= 0.3 is 6.03 Å². The number of urea groups is 1. The van der Waals surface area contributed by atoms with Crippen LogP contribution in [-0.2, 0) is 6.54 Å². The monoisotopic (exact) mass is 464 g/mol. The fourth-order valence-corrected chi connectivity index (χ4v) is 4.58.